The van der Waals surface area contributed by atoms with Crippen molar-refractivity contribution >= 4 is 11.8 Å². The SMILES string of the molecule is CSc1ccc(CNC(C)c2cnn(C)c2C)cc1. The quantitative estimate of drug-likeness (QED) is 0.849. The average molecular weight is 275 g/mol. The number of benzene rings is 1. The largest absolute Gasteiger partial charge is 0.306 e. The summed E-state index contributed by atoms with van der Waals surface area (Å²) in [5.41, 5.74) is 3.80. The van der Waals surface area contributed by atoms with Gasteiger partial charge in [-0.15, -0.1) is 11.8 Å². The molecule has 0 aliphatic heterocycles. The Kier molecular flexibility index (Phi) is 4.66. The maximum atomic E-state index is 4.29. The Hall–Kier alpha value is -1.26. The Morgan fingerprint density at radius 3 is 2.53 bits per heavy atom. The average Bonchev–Trinajstić information content (AvgIpc) is 2.77. The normalized spacial score (nSPS) is 12.6. The Bertz CT molecular complexity index is 531. The van der Waals surface area contributed by atoms with E-state index in [1.165, 1.54) is 21.7 Å². The molecule has 1 N–H and O–H groups in total. The first-order valence-electron chi connectivity index (χ1n) is 6.46. The number of nitrogens with zero attached hydrogens (tertiary/aromatic N) is 2. The van der Waals surface area contributed by atoms with E-state index in [2.05, 4.69) is 54.8 Å². The molecule has 0 fully saturated rings. The van der Waals surface area contributed by atoms with E-state index in [1.807, 2.05) is 17.9 Å². The fourth-order valence-electron chi connectivity index (χ4n) is 2.07. The van der Waals surface area contributed by atoms with E-state index in [-0.39, 0.29) is 0 Å². The maximum absolute atomic E-state index is 4.29. The second kappa shape index (κ2) is 6.26. The Morgan fingerprint density at radius 2 is 2.00 bits per heavy atom. The Labute approximate surface area is 119 Å². The lowest BCUT2D eigenvalue weighted by Gasteiger charge is -2.14. The minimum Gasteiger partial charge on any atom is -0.306 e. The van der Waals surface area contributed by atoms with Crippen LogP contribution >= 0.6 is 11.8 Å². The number of hydrogen-bond acceptors (Lipinski definition) is 3. The van der Waals surface area contributed by atoms with Crippen LogP contribution in [0.1, 0.15) is 29.8 Å². The molecule has 1 unspecified atom stereocenters. The van der Waals surface area contributed by atoms with Gasteiger partial charge >= 0.3 is 0 Å². The van der Waals surface area contributed by atoms with Crippen LogP contribution in [0, 0.1) is 6.92 Å². The molecule has 0 aliphatic carbocycles. The van der Waals surface area contributed by atoms with E-state index in [0.717, 1.165) is 6.54 Å². The molecule has 0 aliphatic rings. The Balaban J connectivity index is 1.96. The van der Waals surface area contributed by atoms with Crippen LogP contribution in [0.25, 0.3) is 0 Å². The summed E-state index contributed by atoms with van der Waals surface area (Å²) in [6, 6.07) is 9.01. The van der Waals surface area contributed by atoms with Crippen molar-refractivity contribution in [3.05, 3.63) is 47.3 Å². The highest BCUT2D eigenvalue weighted by Crippen LogP contribution is 2.18. The summed E-state index contributed by atoms with van der Waals surface area (Å²) < 4.78 is 1.92. The highest BCUT2D eigenvalue weighted by molar-refractivity contribution is 7.98. The molecule has 4 heteroatoms. The number of aromatic nitrogens is 2. The molecule has 0 saturated heterocycles. The fourth-order valence-corrected chi connectivity index (χ4v) is 2.47. The van der Waals surface area contributed by atoms with E-state index in [1.54, 1.807) is 11.8 Å². The van der Waals surface area contributed by atoms with Crippen molar-refractivity contribution in [2.24, 2.45) is 7.05 Å². The van der Waals surface area contributed by atoms with Crippen molar-refractivity contribution in [2.45, 2.75) is 31.3 Å². The summed E-state index contributed by atoms with van der Waals surface area (Å²) in [5.74, 6) is 0. The van der Waals surface area contributed by atoms with Crippen LogP contribution in [0.3, 0.4) is 0 Å². The van der Waals surface area contributed by atoms with E-state index >= 15 is 0 Å². The minimum atomic E-state index is 0.314. The summed E-state index contributed by atoms with van der Waals surface area (Å²) in [6.45, 7) is 5.16. The van der Waals surface area contributed by atoms with Crippen molar-refractivity contribution < 1.29 is 0 Å². The van der Waals surface area contributed by atoms with E-state index < -0.39 is 0 Å². The molecule has 102 valence electrons. The van der Waals surface area contributed by atoms with Gasteiger partial charge in [0.05, 0.1) is 6.20 Å². The molecule has 2 rings (SSSR count). The summed E-state index contributed by atoms with van der Waals surface area (Å²) in [7, 11) is 1.98. The van der Waals surface area contributed by atoms with Crippen LogP contribution in [-0.4, -0.2) is 16.0 Å². The molecule has 1 aromatic carbocycles. The lowest BCUT2D eigenvalue weighted by molar-refractivity contribution is 0.570. The van der Waals surface area contributed by atoms with E-state index in [4.69, 9.17) is 0 Å². The van der Waals surface area contributed by atoms with Gasteiger partial charge in [-0.3, -0.25) is 4.68 Å². The Morgan fingerprint density at radius 1 is 1.32 bits per heavy atom. The van der Waals surface area contributed by atoms with Crippen molar-refractivity contribution in [3.63, 3.8) is 0 Å². The molecule has 3 nitrogen and oxygen atoms in total. The number of rotatable bonds is 5. The molecule has 1 aromatic heterocycles. The molecular formula is C15H21N3S. The summed E-state index contributed by atoms with van der Waals surface area (Å²) in [6.07, 6.45) is 4.05. The fraction of sp³-hybridized carbons (Fsp3) is 0.400. The number of nitrogens with one attached hydrogen (secondary N) is 1. The highest BCUT2D eigenvalue weighted by Gasteiger charge is 2.11. The molecule has 2 aromatic rings. The van der Waals surface area contributed by atoms with Gasteiger partial charge in [-0.1, -0.05) is 12.1 Å². The van der Waals surface area contributed by atoms with Gasteiger partial charge in [-0.25, -0.2) is 0 Å². The molecule has 0 spiro atoms. The van der Waals surface area contributed by atoms with Gasteiger partial charge in [0.15, 0.2) is 0 Å². The predicted octanol–water partition coefficient (Wildman–Crippen LogP) is 3.30. The van der Waals surface area contributed by atoms with E-state index in [0.29, 0.717) is 6.04 Å². The molecule has 0 saturated carbocycles. The zero-order valence-electron chi connectivity index (χ0n) is 12.0. The number of thioether (sulfide) groups is 1. The van der Waals surface area contributed by atoms with Gasteiger partial charge in [0.2, 0.25) is 0 Å². The maximum Gasteiger partial charge on any atom is 0.0540 e. The van der Waals surface area contributed by atoms with Crippen LogP contribution in [0.2, 0.25) is 0 Å². The molecule has 0 bridgehead atoms. The van der Waals surface area contributed by atoms with Crippen molar-refractivity contribution in [1.29, 1.82) is 0 Å². The third-order valence-electron chi connectivity index (χ3n) is 3.51. The smallest absolute Gasteiger partial charge is 0.0540 e. The van der Waals surface area contributed by atoms with Crippen LogP contribution in [-0.2, 0) is 13.6 Å². The minimum absolute atomic E-state index is 0.314. The monoisotopic (exact) mass is 275 g/mol. The van der Waals surface area contributed by atoms with Gasteiger partial charge in [0.25, 0.3) is 0 Å². The van der Waals surface area contributed by atoms with Gasteiger partial charge < -0.3 is 5.32 Å². The lowest BCUT2D eigenvalue weighted by Crippen LogP contribution is -2.18. The van der Waals surface area contributed by atoms with Gasteiger partial charge in [-0.2, -0.15) is 5.10 Å². The van der Waals surface area contributed by atoms with Gasteiger partial charge in [0.1, 0.15) is 0 Å². The standard InChI is InChI=1S/C15H21N3S/c1-11(15-10-17-18(3)12(15)2)16-9-13-5-7-14(19-4)8-6-13/h5-8,10-11,16H,9H2,1-4H3. The van der Waals surface area contributed by atoms with E-state index in [9.17, 15) is 0 Å². The third-order valence-corrected chi connectivity index (χ3v) is 4.25. The third kappa shape index (κ3) is 3.39. The molecule has 0 amide bonds. The molecule has 1 atom stereocenters. The first-order chi connectivity index (χ1) is 9.11. The first kappa shape index (κ1) is 14.2. The molecule has 19 heavy (non-hydrogen) atoms. The number of aryl methyl sites for hydroxylation is 1. The van der Waals surface area contributed by atoms with Crippen molar-refractivity contribution in [3.8, 4) is 0 Å². The summed E-state index contributed by atoms with van der Waals surface area (Å²) in [5, 5.41) is 7.84. The molecule has 1 heterocycles. The zero-order chi connectivity index (χ0) is 13.8. The van der Waals surface area contributed by atoms with Crippen molar-refractivity contribution in [2.75, 3.05) is 6.26 Å². The lowest BCUT2D eigenvalue weighted by atomic mass is 10.1. The highest BCUT2D eigenvalue weighted by atomic mass is 32.2. The second-order valence-corrected chi connectivity index (χ2v) is 5.64. The topological polar surface area (TPSA) is 29.9 Å². The van der Waals surface area contributed by atoms with Crippen LogP contribution in [0.15, 0.2) is 35.4 Å². The first-order valence-corrected chi connectivity index (χ1v) is 7.69. The van der Waals surface area contributed by atoms with Crippen LogP contribution in [0.5, 0.6) is 0 Å². The number of hydrogen-bond donors (Lipinski definition) is 1. The second-order valence-electron chi connectivity index (χ2n) is 4.76. The van der Waals surface area contributed by atoms with Crippen LogP contribution < -0.4 is 5.32 Å². The van der Waals surface area contributed by atoms with Crippen LogP contribution in [0.4, 0.5) is 0 Å². The zero-order valence-corrected chi connectivity index (χ0v) is 12.8. The predicted molar refractivity (Wildman–Crippen MR) is 81.4 cm³/mol. The van der Waals surface area contributed by atoms with Crippen molar-refractivity contribution in [1.82, 2.24) is 15.1 Å². The molecular weight excluding hydrogens is 254 g/mol. The molecule has 0 radical (unpaired) electrons. The van der Waals surface area contributed by atoms with Gasteiger partial charge in [0, 0.05) is 35.8 Å². The summed E-state index contributed by atoms with van der Waals surface area (Å²) in [4.78, 5) is 1.31. The summed E-state index contributed by atoms with van der Waals surface area (Å²) >= 11 is 1.77. The van der Waals surface area contributed by atoms with Gasteiger partial charge in [-0.05, 0) is 37.8 Å².